The van der Waals surface area contributed by atoms with Gasteiger partial charge in [0.15, 0.2) is 22.5 Å². The van der Waals surface area contributed by atoms with Crippen LogP contribution in [-0.4, -0.2) is 37.6 Å². The molecule has 0 saturated heterocycles. The predicted molar refractivity (Wildman–Crippen MR) is 113 cm³/mol. The molecule has 1 heterocycles. The van der Waals surface area contributed by atoms with Crippen molar-refractivity contribution in [2.24, 2.45) is 0 Å². The molecule has 0 atom stereocenters. The average Bonchev–Trinajstić information content (AvgIpc) is 2.78. The molecular weight excluding hydrogens is 388 g/mol. The summed E-state index contributed by atoms with van der Waals surface area (Å²) < 4.78 is 16.0. The SMILES string of the molecule is COc1cccc(Nc2nc(SC)nc(-c3ccc(OC)c(OC)c3)c2C#N)c1. The summed E-state index contributed by atoms with van der Waals surface area (Å²) in [4.78, 5) is 9.06. The highest BCUT2D eigenvalue weighted by atomic mass is 32.2. The molecule has 0 fully saturated rings. The summed E-state index contributed by atoms with van der Waals surface area (Å²) in [5.41, 5.74) is 2.33. The zero-order valence-corrected chi connectivity index (χ0v) is 17.3. The van der Waals surface area contributed by atoms with Gasteiger partial charge in [0.2, 0.25) is 0 Å². The monoisotopic (exact) mass is 408 g/mol. The molecule has 8 heteroatoms. The second-order valence-electron chi connectivity index (χ2n) is 5.82. The van der Waals surface area contributed by atoms with Crippen molar-refractivity contribution >= 4 is 23.3 Å². The molecule has 0 unspecified atom stereocenters. The smallest absolute Gasteiger partial charge is 0.189 e. The predicted octanol–water partition coefficient (Wildman–Crippen LogP) is 4.51. The summed E-state index contributed by atoms with van der Waals surface area (Å²) in [6.45, 7) is 0. The Morgan fingerprint density at radius 3 is 2.41 bits per heavy atom. The van der Waals surface area contributed by atoms with Crippen molar-refractivity contribution in [3.8, 4) is 34.6 Å². The van der Waals surface area contributed by atoms with E-state index in [2.05, 4.69) is 21.4 Å². The van der Waals surface area contributed by atoms with Crippen LogP contribution >= 0.6 is 11.8 Å². The second kappa shape index (κ2) is 9.17. The molecule has 2 aromatic carbocycles. The normalized spacial score (nSPS) is 10.2. The molecule has 7 nitrogen and oxygen atoms in total. The van der Waals surface area contributed by atoms with E-state index in [0.29, 0.717) is 39.5 Å². The highest BCUT2D eigenvalue weighted by Crippen LogP contribution is 2.35. The Labute approximate surface area is 173 Å². The van der Waals surface area contributed by atoms with E-state index in [0.717, 1.165) is 11.3 Å². The van der Waals surface area contributed by atoms with Gasteiger partial charge in [-0.2, -0.15) is 5.26 Å². The average molecular weight is 408 g/mol. The Kier molecular flexibility index (Phi) is 6.42. The number of thioether (sulfide) groups is 1. The molecule has 29 heavy (non-hydrogen) atoms. The van der Waals surface area contributed by atoms with E-state index in [9.17, 15) is 5.26 Å². The van der Waals surface area contributed by atoms with Gasteiger partial charge in [-0.15, -0.1) is 0 Å². The molecular formula is C21H20N4O3S. The van der Waals surface area contributed by atoms with Gasteiger partial charge in [-0.1, -0.05) is 17.8 Å². The minimum Gasteiger partial charge on any atom is -0.497 e. The lowest BCUT2D eigenvalue weighted by Crippen LogP contribution is -2.03. The molecule has 0 bridgehead atoms. The number of nitrogens with zero attached hydrogens (tertiary/aromatic N) is 3. The van der Waals surface area contributed by atoms with Crippen LogP contribution in [0.3, 0.4) is 0 Å². The number of ether oxygens (including phenoxy) is 3. The molecule has 0 aliphatic rings. The zero-order chi connectivity index (χ0) is 20.8. The van der Waals surface area contributed by atoms with Crippen molar-refractivity contribution in [3.63, 3.8) is 0 Å². The molecule has 1 N–H and O–H groups in total. The van der Waals surface area contributed by atoms with Gasteiger partial charge in [0.25, 0.3) is 0 Å². The Balaban J connectivity index is 2.13. The zero-order valence-electron chi connectivity index (χ0n) is 16.5. The third kappa shape index (κ3) is 4.36. The number of methoxy groups -OCH3 is 3. The Morgan fingerprint density at radius 1 is 0.966 bits per heavy atom. The van der Waals surface area contributed by atoms with Crippen molar-refractivity contribution in [2.45, 2.75) is 5.16 Å². The van der Waals surface area contributed by atoms with Crippen LogP contribution < -0.4 is 19.5 Å². The number of anilines is 2. The van der Waals surface area contributed by atoms with Crippen LogP contribution in [0.4, 0.5) is 11.5 Å². The molecule has 0 aliphatic carbocycles. The van der Waals surface area contributed by atoms with Gasteiger partial charge in [0, 0.05) is 17.3 Å². The Morgan fingerprint density at radius 2 is 1.76 bits per heavy atom. The van der Waals surface area contributed by atoms with Crippen LogP contribution in [0, 0.1) is 11.3 Å². The maximum absolute atomic E-state index is 9.87. The fourth-order valence-corrected chi connectivity index (χ4v) is 3.12. The number of benzene rings is 2. The largest absolute Gasteiger partial charge is 0.497 e. The van der Waals surface area contributed by atoms with Crippen molar-refractivity contribution in [3.05, 3.63) is 48.0 Å². The van der Waals surface area contributed by atoms with Crippen molar-refractivity contribution in [1.82, 2.24) is 9.97 Å². The number of hydrogen-bond acceptors (Lipinski definition) is 8. The summed E-state index contributed by atoms with van der Waals surface area (Å²) in [5.74, 6) is 2.28. The lowest BCUT2D eigenvalue weighted by atomic mass is 10.1. The number of nitriles is 1. The van der Waals surface area contributed by atoms with E-state index in [4.69, 9.17) is 14.2 Å². The first-order chi connectivity index (χ1) is 14.1. The molecule has 0 spiro atoms. The third-order valence-corrected chi connectivity index (χ3v) is 4.72. The number of hydrogen-bond donors (Lipinski definition) is 1. The molecule has 0 amide bonds. The van der Waals surface area contributed by atoms with Gasteiger partial charge >= 0.3 is 0 Å². The fraction of sp³-hybridized carbons (Fsp3) is 0.190. The van der Waals surface area contributed by atoms with E-state index in [1.54, 1.807) is 33.5 Å². The van der Waals surface area contributed by atoms with Crippen LogP contribution in [0.15, 0.2) is 47.6 Å². The fourth-order valence-electron chi connectivity index (χ4n) is 2.76. The lowest BCUT2D eigenvalue weighted by molar-refractivity contribution is 0.355. The van der Waals surface area contributed by atoms with Crippen LogP contribution in [0.1, 0.15) is 5.56 Å². The van der Waals surface area contributed by atoms with Gasteiger partial charge in [0.1, 0.15) is 17.4 Å². The third-order valence-electron chi connectivity index (χ3n) is 4.17. The van der Waals surface area contributed by atoms with Gasteiger partial charge in [-0.25, -0.2) is 9.97 Å². The first kappa shape index (κ1) is 20.3. The molecule has 1 aromatic heterocycles. The summed E-state index contributed by atoms with van der Waals surface area (Å²) in [5, 5.41) is 13.6. The van der Waals surface area contributed by atoms with Crippen LogP contribution in [0.2, 0.25) is 0 Å². The quantitative estimate of drug-likeness (QED) is 0.451. The standard InChI is InChI=1S/C21H20N4O3S/c1-26-15-7-5-6-14(11-15)23-20-16(12-22)19(24-21(25-20)29-4)13-8-9-17(27-2)18(10-13)28-3/h5-11H,1-4H3,(H,23,24,25). The number of nitrogens with one attached hydrogen (secondary N) is 1. The summed E-state index contributed by atoms with van der Waals surface area (Å²) >= 11 is 1.39. The second-order valence-corrected chi connectivity index (χ2v) is 6.59. The number of aromatic nitrogens is 2. The van der Waals surface area contributed by atoms with Crippen molar-refractivity contribution in [1.29, 1.82) is 5.26 Å². The summed E-state index contributed by atoms with van der Waals surface area (Å²) in [6, 6.07) is 15.1. The molecule has 3 aromatic rings. The Bertz CT molecular complexity index is 1070. The minimum atomic E-state index is 0.331. The summed E-state index contributed by atoms with van der Waals surface area (Å²) in [6.07, 6.45) is 1.88. The van der Waals surface area contributed by atoms with Crippen molar-refractivity contribution < 1.29 is 14.2 Å². The topological polar surface area (TPSA) is 89.3 Å². The molecule has 148 valence electrons. The van der Waals surface area contributed by atoms with Gasteiger partial charge < -0.3 is 19.5 Å². The van der Waals surface area contributed by atoms with Crippen LogP contribution in [-0.2, 0) is 0 Å². The van der Waals surface area contributed by atoms with Crippen LogP contribution in [0.25, 0.3) is 11.3 Å². The molecule has 0 radical (unpaired) electrons. The first-order valence-corrected chi connectivity index (χ1v) is 9.85. The minimum absolute atomic E-state index is 0.331. The van der Waals surface area contributed by atoms with E-state index < -0.39 is 0 Å². The van der Waals surface area contributed by atoms with Crippen molar-refractivity contribution in [2.75, 3.05) is 32.9 Å². The van der Waals surface area contributed by atoms with E-state index in [-0.39, 0.29) is 0 Å². The van der Waals surface area contributed by atoms with Gasteiger partial charge in [-0.3, -0.25) is 0 Å². The maximum Gasteiger partial charge on any atom is 0.189 e. The van der Waals surface area contributed by atoms with Gasteiger partial charge in [0.05, 0.1) is 27.0 Å². The lowest BCUT2D eigenvalue weighted by Gasteiger charge is -2.14. The maximum atomic E-state index is 9.87. The first-order valence-electron chi connectivity index (χ1n) is 8.63. The molecule has 0 saturated carbocycles. The van der Waals surface area contributed by atoms with E-state index in [1.807, 2.05) is 36.6 Å². The summed E-state index contributed by atoms with van der Waals surface area (Å²) in [7, 11) is 4.74. The van der Waals surface area contributed by atoms with E-state index in [1.165, 1.54) is 11.8 Å². The van der Waals surface area contributed by atoms with E-state index >= 15 is 0 Å². The molecule has 0 aliphatic heterocycles. The number of rotatable bonds is 7. The molecule has 3 rings (SSSR count). The Hall–Kier alpha value is -3.44. The van der Waals surface area contributed by atoms with Gasteiger partial charge in [-0.05, 0) is 36.6 Å². The van der Waals surface area contributed by atoms with Crippen LogP contribution in [0.5, 0.6) is 17.2 Å². The highest BCUT2D eigenvalue weighted by molar-refractivity contribution is 7.98. The highest BCUT2D eigenvalue weighted by Gasteiger charge is 2.18.